The molecular weight excluding hydrogens is 262 g/mol. The van der Waals surface area contributed by atoms with Crippen molar-refractivity contribution >= 4 is 11.7 Å². The van der Waals surface area contributed by atoms with Gasteiger partial charge >= 0.3 is 5.97 Å². The lowest BCUT2D eigenvalue weighted by molar-refractivity contribution is -0.137. The summed E-state index contributed by atoms with van der Waals surface area (Å²) in [6, 6.07) is 10.9. The van der Waals surface area contributed by atoms with Crippen LogP contribution < -0.4 is 4.90 Å². The molecule has 116 valence electrons. The van der Waals surface area contributed by atoms with Crippen LogP contribution >= 0.6 is 0 Å². The summed E-state index contributed by atoms with van der Waals surface area (Å²) in [5.41, 5.74) is 1.22. The predicted molar refractivity (Wildman–Crippen MR) is 86.7 cm³/mol. The van der Waals surface area contributed by atoms with E-state index in [2.05, 4.69) is 36.1 Å². The lowest BCUT2D eigenvalue weighted by Crippen LogP contribution is -2.40. The van der Waals surface area contributed by atoms with E-state index in [1.54, 1.807) is 0 Å². The van der Waals surface area contributed by atoms with Gasteiger partial charge in [0, 0.05) is 24.7 Å². The zero-order valence-corrected chi connectivity index (χ0v) is 13.0. The second-order valence-corrected chi connectivity index (χ2v) is 6.16. The van der Waals surface area contributed by atoms with E-state index in [4.69, 9.17) is 5.11 Å². The molecule has 1 unspecified atom stereocenters. The summed E-state index contributed by atoms with van der Waals surface area (Å²) < 4.78 is 0. The van der Waals surface area contributed by atoms with Gasteiger partial charge in [-0.25, -0.2) is 0 Å². The predicted octanol–water partition coefficient (Wildman–Crippen LogP) is 4.33. The Bertz CT molecular complexity index is 426. The van der Waals surface area contributed by atoms with Crippen molar-refractivity contribution < 1.29 is 9.90 Å². The molecule has 0 bridgehead atoms. The number of carboxylic acid groups (broad SMARTS) is 1. The lowest BCUT2D eigenvalue weighted by Gasteiger charge is -2.38. The van der Waals surface area contributed by atoms with Crippen molar-refractivity contribution in [1.82, 2.24) is 0 Å². The Morgan fingerprint density at radius 3 is 2.52 bits per heavy atom. The maximum atomic E-state index is 10.8. The molecule has 0 spiro atoms. The maximum absolute atomic E-state index is 10.8. The van der Waals surface area contributed by atoms with Gasteiger partial charge in [-0.05, 0) is 44.2 Å². The Balaban J connectivity index is 2.04. The zero-order valence-electron chi connectivity index (χ0n) is 13.0. The molecule has 1 N–H and O–H groups in total. The highest BCUT2D eigenvalue weighted by molar-refractivity contribution is 5.66. The van der Waals surface area contributed by atoms with Crippen molar-refractivity contribution in [3.8, 4) is 0 Å². The Morgan fingerprint density at radius 2 is 1.90 bits per heavy atom. The van der Waals surface area contributed by atoms with Gasteiger partial charge < -0.3 is 10.0 Å². The lowest BCUT2D eigenvalue weighted by atomic mass is 9.83. The molecule has 0 heterocycles. The second-order valence-electron chi connectivity index (χ2n) is 6.16. The van der Waals surface area contributed by atoms with E-state index in [1.807, 2.05) is 6.07 Å². The molecule has 1 aromatic rings. The van der Waals surface area contributed by atoms with Crippen LogP contribution in [0.4, 0.5) is 5.69 Å². The number of nitrogens with zero attached hydrogens (tertiary/aromatic N) is 1. The quantitative estimate of drug-likeness (QED) is 0.812. The van der Waals surface area contributed by atoms with E-state index in [0.29, 0.717) is 12.5 Å². The van der Waals surface area contributed by atoms with Crippen molar-refractivity contribution in [3.63, 3.8) is 0 Å². The van der Waals surface area contributed by atoms with Gasteiger partial charge in [-0.3, -0.25) is 4.79 Å². The van der Waals surface area contributed by atoms with Gasteiger partial charge in [-0.1, -0.05) is 37.5 Å². The Morgan fingerprint density at radius 1 is 1.24 bits per heavy atom. The van der Waals surface area contributed by atoms with Crippen LogP contribution in [0.2, 0.25) is 0 Å². The minimum atomic E-state index is -0.701. The molecule has 0 radical (unpaired) electrons. The summed E-state index contributed by atoms with van der Waals surface area (Å²) in [5, 5.41) is 8.87. The molecule has 3 heteroatoms. The van der Waals surface area contributed by atoms with Gasteiger partial charge in [0.05, 0.1) is 0 Å². The molecule has 1 aliphatic rings. The number of benzene rings is 1. The number of carbonyl (C=O) groups is 1. The smallest absolute Gasteiger partial charge is 0.303 e. The van der Waals surface area contributed by atoms with E-state index in [1.165, 1.54) is 37.8 Å². The number of para-hydroxylation sites is 1. The molecule has 2 rings (SSSR count). The summed E-state index contributed by atoms with van der Waals surface area (Å²) >= 11 is 0. The number of aliphatic carboxylic acids is 1. The molecule has 0 aliphatic heterocycles. The first-order valence-electron chi connectivity index (χ1n) is 8.22. The summed E-state index contributed by atoms with van der Waals surface area (Å²) in [7, 11) is 0. The highest BCUT2D eigenvalue weighted by Crippen LogP contribution is 2.31. The van der Waals surface area contributed by atoms with Gasteiger partial charge in [0.2, 0.25) is 0 Å². The standard InChI is InChI=1S/C18H27NO2/c1-15(16-9-4-2-5-10-16)19(14-8-13-18(20)21)17-11-6-3-7-12-17/h3,6-7,11-12,15-16H,2,4-5,8-10,13-14H2,1H3,(H,20,21). The maximum Gasteiger partial charge on any atom is 0.303 e. The number of anilines is 1. The fourth-order valence-corrected chi connectivity index (χ4v) is 3.46. The van der Waals surface area contributed by atoms with Crippen molar-refractivity contribution in [2.24, 2.45) is 5.92 Å². The van der Waals surface area contributed by atoms with Crippen molar-refractivity contribution in [3.05, 3.63) is 30.3 Å². The highest BCUT2D eigenvalue weighted by Gasteiger charge is 2.25. The molecule has 0 saturated heterocycles. The minimum Gasteiger partial charge on any atom is -0.481 e. The third-order valence-electron chi connectivity index (χ3n) is 4.70. The topological polar surface area (TPSA) is 40.5 Å². The monoisotopic (exact) mass is 289 g/mol. The third-order valence-corrected chi connectivity index (χ3v) is 4.70. The van der Waals surface area contributed by atoms with Crippen molar-refractivity contribution in [1.29, 1.82) is 0 Å². The molecule has 3 nitrogen and oxygen atoms in total. The average Bonchev–Trinajstić information content (AvgIpc) is 2.52. The molecule has 0 aromatic heterocycles. The Hall–Kier alpha value is -1.51. The normalized spacial score (nSPS) is 17.4. The van der Waals surface area contributed by atoms with Crippen LogP contribution in [0, 0.1) is 5.92 Å². The van der Waals surface area contributed by atoms with E-state index in [9.17, 15) is 4.79 Å². The van der Waals surface area contributed by atoms with Crippen LogP contribution in [0.15, 0.2) is 30.3 Å². The molecule has 1 atom stereocenters. The molecular formula is C18H27NO2. The number of rotatable bonds is 7. The summed E-state index contributed by atoms with van der Waals surface area (Å²) in [6.45, 7) is 3.14. The van der Waals surface area contributed by atoms with Gasteiger partial charge in [0.25, 0.3) is 0 Å². The van der Waals surface area contributed by atoms with Gasteiger partial charge in [-0.2, -0.15) is 0 Å². The zero-order chi connectivity index (χ0) is 15.1. The van der Waals surface area contributed by atoms with Crippen molar-refractivity contribution in [2.75, 3.05) is 11.4 Å². The molecule has 1 aliphatic carbocycles. The van der Waals surface area contributed by atoms with Gasteiger partial charge in [0.1, 0.15) is 0 Å². The Labute approximate surface area is 128 Å². The SMILES string of the molecule is CC(C1CCCCC1)N(CCCC(=O)O)c1ccccc1. The molecule has 21 heavy (non-hydrogen) atoms. The summed E-state index contributed by atoms with van der Waals surface area (Å²) in [6.07, 6.45) is 7.63. The second kappa shape index (κ2) is 8.06. The fourth-order valence-electron chi connectivity index (χ4n) is 3.46. The van der Waals surface area contributed by atoms with Crippen molar-refractivity contribution in [2.45, 2.75) is 57.9 Å². The van der Waals surface area contributed by atoms with E-state index < -0.39 is 5.97 Å². The number of hydrogen-bond acceptors (Lipinski definition) is 2. The summed E-state index contributed by atoms with van der Waals surface area (Å²) in [5.74, 6) is 0.0390. The van der Waals surface area contributed by atoms with E-state index >= 15 is 0 Å². The molecule has 1 saturated carbocycles. The summed E-state index contributed by atoms with van der Waals surface area (Å²) in [4.78, 5) is 13.2. The number of hydrogen-bond donors (Lipinski definition) is 1. The van der Waals surface area contributed by atoms with Crippen LogP contribution in [-0.2, 0) is 4.79 Å². The average molecular weight is 289 g/mol. The van der Waals surface area contributed by atoms with Gasteiger partial charge in [-0.15, -0.1) is 0 Å². The largest absolute Gasteiger partial charge is 0.481 e. The van der Waals surface area contributed by atoms with Crippen LogP contribution in [0.3, 0.4) is 0 Å². The van der Waals surface area contributed by atoms with Crippen LogP contribution in [0.1, 0.15) is 51.9 Å². The van der Waals surface area contributed by atoms with Crippen LogP contribution in [0.5, 0.6) is 0 Å². The van der Waals surface area contributed by atoms with Crippen LogP contribution in [0.25, 0.3) is 0 Å². The van der Waals surface area contributed by atoms with Gasteiger partial charge in [0.15, 0.2) is 0 Å². The first-order chi connectivity index (χ1) is 10.2. The third kappa shape index (κ3) is 4.76. The number of carboxylic acids is 1. The van der Waals surface area contributed by atoms with Crippen LogP contribution in [-0.4, -0.2) is 23.7 Å². The van der Waals surface area contributed by atoms with E-state index in [0.717, 1.165) is 12.5 Å². The highest BCUT2D eigenvalue weighted by atomic mass is 16.4. The van der Waals surface area contributed by atoms with E-state index in [-0.39, 0.29) is 6.42 Å². The fraction of sp³-hybridized carbons (Fsp3) is 0.611. The molecule has 1 aromatic carbocycles. The first-order valence-corrected chi connectivity index (χ1v) is 8.22. The minimum absolute atomic E-state index is 0.251. The first kappa shape index (κ1) is 15.9. The molecule has 1 fully saturated rings. The molecule has 0 amide bonds. The Kier molecular flexibility index (Phi) is 6.09.